The average molecular weight is 365 g/mol. The topological polar surface area (TPSA) is 118 Å². The van der Waals surface area contributed by atoms with E-state index in [9.17, 15) is 22.4 Å². The van der Waals surface area contributed by atoms with Crippen molar-refractivity contribution in [2.24, 2.45) is 5.14 Å². The molecule has 0 atom stereocenters. The molecule has 2 aromatic rings. The fraction of sp³-hybridized carbons (Fsp3) is 0.125. The zero-order valence-corrected chi connectivity index (χ0v) is 14.1. The number of sulfonamides is 1. The van der Waals surface area contributed by atoms with E-state index in [0.717, 1.165) is 6.07 Å². The summed E-state index contributed by atoms with van der Waals surface area (Å²) < 4.78 is 36.4. The highest BCUT2D eigenvalue weighted by atomic mass is 32.2. The van der Waals surface area contributed by atoms with Gasteiger partial charge in [0.25, 0.3) is 5.91 Å². The van der Waals surface area contributed by atoms with Crippen LogP contribution in [0.4, 0.5) is 10.1 Å². The summed E-state index contributed by atoms with van der Waals surface area (Å²) in [7, 11) is -3.92. The third-order valence-corrected chi connectivity index (χ3v) is 4.36. The van der Waals surface area contributed by atoms with E-state index >= 15 is 0 Å². The molecule has 132 valence electrons. The summed E-state index contributed by atoms with van der Waals surface area (Å²) in [6.07, 6.45) is 0. The first kappa shape index (κ1) is 18.6. The normalized spacial score (nSPS) is 11.0. The van der Waals surface area contributed by atoms with E-state index in [-0.39, 0.29) is 16.1 Å². The lowest BCUT2D eigenvalue weighted by molar-refractivity contribution is -0.115. The third-order valence-electron chi connectivity index (χ3n) is 3.31. The minimum absolute atomic E-state index is 0.110. The quantitative estimate of drug-likeness (QED) is 0.736. The molecule has 4 N–H and O–H groups in total. The Morgan fingerprint density at radius 1 is 1.16 bits per heavy atom. The van der Waals surface area contributed by atoms with Gasteiger partial charge >= 0.3 is 0 Å². The Morgan fingerprint density at radius 2 is 1.84 bits per heavy atom. The van der Waals surface area contributed by atoms with E-state index in [1.54, 1.807) is 6.92 Å². The van der Waals surface area contributed by atoms with Crippen molar-refractivity contribution in [3.05, 3.63) is 59.4 Å². The standard InChI is InChI=1S/C16H16FN3O4S/c1-10-6-7-11(8-14(10)25(18,23)24)20-15(21)9-19-16(22)12-4-2-3-5-13(12)17/h2-8H,9H2,1H3,(H,19,22)(H,20,21)(H2,18,23,24). The van der Waals surface area contributed by atoms with Gasteiger partial charge in [-0.05, 0) is 36.8 Å². The van der Waals surface area contributed by atoms with Crippen molar-refractivity contribution in [2.45, 2.75) is 11.8 Å². The Bertz CT molecular complexity index is 929. The van der Waals surface area contributed by atoms with Crippen LogP contribution in [0.3, 0.4) is 0 Å². The zero-order chi connectivity index (χ0) is 18.6. The predicted octanol–water partition coefficient (Wildman–Crippen LogP) is 1.15. The van der Waals surface area contributed by atoms with E-state index in [1.165, 1.54) is 36.4 Å². The van der Waals surface area contributed by atoms with Gasteiger partial charge < -0.3 is 10.6 Å². The Hall–Kier alpha value is -2.78. The molecular formula is C16H16FN3O4S. The van der Waals surface area contributed by atoms with Gasteiger partial charge in [0.15, 0.2) is 0 Å². The van der Waals surface area contributed by atoms with Crippen molar-refractivity contribution in [3.63, 3.8) is 0 Å². The molecule has 0 bridgehead atoms. The molecule has 0 aliphatic carbocycles. The largest absolute Gasteiger partial charge is 0.343 e. The van der Waals surface area contributed by atoms with Crippen molar-refractivity contribution >= 4 is 27.5 Å². The van der Waals surface area contributed by atoms with E-state index in [0.29, 0.717) is 5.56 Å². The first-order valence-electron chi connectivity index (χ1n) is 7.14. The minimum atomic E-state index is -3.92. The van der Waals surface area contributed by atoms with E-state index < -0.39 is 34.2 Å². The van der Waals surface area contributed by atoms with Crippen molar-refractivity contribution in [1.82, 2.24) is 5.32 Å². The highest BCUT2D eigenvalue weighted by molar-refractivity contribution is 7.89. The number of benzene rings is 2. The molecular weight excluding hydrogens is 349 g/mol. The number of carbonyl (C=O) groups excluding carboxylic acids is 2. The summed E-state index contributed by atoms with van der Waals surface area (Å²) in [5, 5.41) is 9.82. The smallest absolute Gasteiger partial charge is 0.254 e. The number of anilines is 1. The van der Waals surface area contributed by atoms with Gasteiger partial charge in [-0.1, -0.05) is 18.2 Å². The van der Waals surface area contributed by atoms with Crippen LogP contribution < -0.4 is 15.8 Å². The van der Waals surface area contributed by atoms with Gasteiger partial charge in [0.2, 0.25) is 15.9 Å². The van der Waals surface area contributed by atoms with Crippen LogP contribution in [0.1, 0.15) is 15.9 Å². The fourth-order valence-electron chi connectivity index (χ4n) is 2.09. The van der Waals surface area contributed by atoms with Crippen LogP contribution in [-0.2, 0) is 14.8 Å². The number of primary sulfonamides is 1. The lowest BCUT2D eigenvalue weighted by atomic mass is 10.2. The molecule has 0 aliphatic heterocycles. The number of aryl methyl sites for hydroxylation is 1. The maximum absolute atomic E-state index is 13.5. The third kappa shape index (κ3) is 4.85. The summed E-state index contributed by atoms with van der Waals surface area (Å²) in [5.41, 5.74) is 0.468. The van der Waals surface area contributed by atoms with Gasteiger partial charge in [0.05, 0.1) is 17.0 Å². The first-order chi connectivity index (χ1) is 11.7. The van der Waals surface area contributed by atoms with E-state index in [4.69, 9.17) is 5.14 Å². The summed E-state index contributed by atoms with van der Waals surface area (Å²) in [4.78, 5) is 23.6. The highest BCUT2D eigenvalue weighted by Crippen LogP contribution is 2.18. The van der Waals surface area contributed by atoms with E-state index in [1.807, 2.05) is 0 Å². The number of hydrogen-bond acceptors (Lipinski definition) is 4. The lowest BCUT2D eigenvalue weighted by Gasteiger charge is -2.10. The van der Waals surface area contributed by atoms with E-state index in [2.05, 4.69) is 10.6 Å². The molecule has 9 heteroatoms. The Labute approximate surface area is 144 Å². The van der Waals surface area contributed by atoms with Crippen molar-refractivity contribution in [2.75, 3.05) is 11.9 Å². The highest BCUT2D eigenvalue weighted by Gasteiger charge is 2.14. The maximum atomic E-state index is 13.5. The lowest BCUT2D eigenvalue weighted by Crippen LogP contribution is -2.33. The molecule has 0 radical (unpaired) electrons. The van der Waals surface area contributed by atoms with Crippen molar-refractivity contribution in [1.29, 1.82) is 0 Å². The second-order valence-electron chi connectivity index (χ2n) is 5.24. The molecule has 0 spiro atoms. The van der Waals surface area contributed by atoms with Crippen LogP contribution >= 0.6 is 0 Å². The number of amides is 2. The molecule has 2 aromatic carbocycles. The minimum Gasteiger partial charge on any atom is -0.343 e. The van der Waals surface area contributed by atoms with Crippen molar-refractivity contribution in [3.8, 4) is 0 Å². The Morgan fingerprint density at radius 3 is 2.48 bits per heavy atom. The van der Waals surface area contributed by atoms with Crippen LogP contribution in [0.5, 0.6) is 0 Å². The van der Waals surface area contributed by atoms with Gasteiger partial charge in [0, 0.05) is 5.69 Å². The second kappa shape index (κ2) is 7.41. The molecule has 0 fully saturated rings. The summed E-state index contributed by atoms with van der Waals surface area (Å²) in [6, 6.07) is 9.59. The van der Waals surface area contributed by atoms with Gasteiger partial charge in [-0.25, -0.2) is 17.9 Å². The molecule has 0 saturated heterocycles. The zero-order valence-electron chi connectivity index (χ0n) is 13.2. The van der Waals surface area contributed by atoms with Crippen LogP contribution in [0.2, 0.25) is 0 Å². The van der Waals surface area contributed by atoms with Crippen LogP contribution in [0, 0.1) is 12.7 Å². The number of nitrogens with two attached hydrogens (primary N) is 1. The Balaban J connectivity index is 2.02. The molecule has 0 aliphatic rings. The molecule has 0 unspecified atom stereocenters. The monoisotopic (exact) mass is 365 g/mol. The van der Waals surface area contributed by atoms with Crippen molar-refractivity contribution < 1.29 is 22.4 Å². The number of halogens is 1. The summed E-state index contributed by atoms with van der Waals surface area (Å²) in [5.74, 6) is -2.03. The molecule has 2 amide bonds. The molecule has 25 heavy (non-hydrogen) atoms. The molecule has 0 heterocycles. The second-order valence-corrected chi connectivity index (χ2v) is 6.77. The molecule has 0 saturated carbocycles. The van der Waals surface area contributed by atoms with Gasteiger partial charge in [-0.15, -0.1) is 0 Å². The molecule has 2 rings (SSSR count). The number of carbonyl (C=O) groups is 2. The van der Waals surface area contributed by atoms with Crippen LogP contribution in [0.15, 0.2) is 47.4 Å². The summed E-state index contributed by atoms with van der Waals surface area (Å²) in [6.45, 7) is 1.16. The maximum Gasteiger partial charge on any atom is 0.254 e. The number of nitrogens with one attached hydrogen (secondary N) is 2. The predicted molar refractivity (Wildman–Crippen MR) is 89.9 cm³/mol. The molecule has 7 nitrogen and oxygen atoms in total. The van der Waals surface area contributed by atoms with Gasteiger partial charge in [-0.2, -0.15) is 0 Å². The Kier molecular flexibility index (Phi) is 5.50. The average Bonchev–Trinajstić information content (AvgIpc) is 2.54. The summed E-state index contributed by atoms with van der Waals surface area (Å²) >= 11 is 0. The fourth-order valence-corrected chi connectivity index (χ4v) is 2.90. The van der Waals surface area contributed by atoms with Gasteiger partial charge in [0.1, 0.15) is 5.82 Å². The van der Waals surface area contributed by atoms with Crippen LogP contribution in [-0.4, -0.2) is 26.8 Å². The number of hydrogen-bond donors (Lipinski definition) is 3. The number of rotatable bonds is 5. The van der Waals surface area contributed by atoms with Gasteiger partial charge in [-0.3, -0.25) is 9.59 Å². The molecule has 0 aromatic heterocycles. The first-order valence-corrected chi connectivity index (χ1v) is 8.69. The van der Waals surface area contributed by atoms with Crippen LogP contribution in [0.25, 0.3) is 0 Å². The SMILES string of the molecule is Cc1ccc(NC(=O)CNC(=O)c2ccccc2F)cc1S(N)(=O)=O.